The first-order chi connectivity index (χ1) is 14.2. The summed E-state index contributed by atoms with van der Waals surface area (Å²) in [5, 5.41) is 2.99. The van der Waals surface area contributed by atoms with Crippen molar-refractivity contribution in [2.75, 3.05) is 0 Å². The van der Waals surface area contributed by atoms with Gasteiger partial charge in [-0.1, -0.05) is 48.0 Å². The highest BCUT2D eigenvalue weighted by atomic mass is 16.1. The number of hydrogen-bond acceptors (Lipinski definition) is 3. The highest BCUT2D eigenvalue weighted by Crippen LogP contribution is 2.21. The maximum atomic E-state index is 12.6. The average molecular weight is 379 g/mol. The number of benzene rings is 2. The fourth-order valence-corrected chi connectivity index (χ4v) is 3.18. The Morgan fingerprint density at radius 1 is 0.828 bits per heavy atom. The second-order valence-corrected chi connectivity index (χ2v) is 6.88. The molecule has 29 heavy (non-hydrogen) atoms. The molecule has 0 spiro atoms. The summed E-state index contributed by atoms with van der Waals surface area (Å²) in [5.74, 6) is -0.110. The van der Waals surface area contributed by atoms with E-state index in [1.165, 1.54) is 5.56 Å². The summed E-state index contributed by atoms with van der Waals surface area (Å²) in [6, 6.07) is 23.7. The average Bonchev–Trinajstić information content (AvgIpc) is 2.79. The molecular formula is C25H21N3O. The first-order valence-electron chi connectivity index (χ1n) is 9.50. The van der Waals surface area contributed by atoms with Gasteiger partial charge in [-0.2, -0.15) is 0 Å². The molecule has 0 saturated heterocycles. The normalized spacial score (nSPS) is 10.5. The smallest absolute Gasteiger partial charge is 0.251 e. The van der Waals surface area contributed by atoms with E-state index in [0.717, 1.165) is 27.9 Å². The number of carbonyl (C=O) groups is 1. The molecule has 4 nitrogen and oxygen atoms in total. The first-order valence-corrected chi connectivity index (χ1v) is 9.50. The number of nitrogens with zero attached hydrogens (tertiary/aromatic N) is 2. The fraction of sp³-hybridized carbons (Fsp3) is 0.0800. The lowest BCUT2D eigenvalue weighted by atomic mass is 10.0. The Labute approximate surface area is 170 Å². The summed E-state index contributed by atoms with van der Waals surface area (Å²) in [5.41, 5.74) is 6.80. The van der Waals surface area contributed by atoms with E-state index in [0.29, 0.717) is 12.1 Å². The van der Waals surface area contributed by atoms with Gasteiger partial charge in [-0.05, 0) is 53.9 Å². The van der Waals surface area contributed by atoms with Crippen LogP contribution in [0.4, 0.5) is 0 Å². The summed E-state index contributed by atoms with van der Waals surface area (Å²) in [6.45, 7) is 2.47. The van der Waals surface area contributed by atoms with Crippen molar-refractivity contribution in [2.24, 2.45) is 0 Å². The molecule has 2 heterocycles. The van der Waals surface area contributed by atoms with E-state index in [1.54, 1.807) is 18.6 Å². The Morgan fingerprint density at radius 2 is 1.52 bits per heavy atom. The van der Waals surface area contributed by atoms with Gasteiger partial charge in [-0.25, -0.2) is 0 Å². The van der Waals surface area contributed by atoms with Crippen LogP contribution in [0.25, 0.3) is 22.4 Å². The Hall–Kier alpha value is -3.79. The molecule has 4 heteroatoms. The van der Waals surface area contributed by atoms with Crippen LogP contribution in [-0.4, -0.2) is 15.9 Å². The summed E-state index contributed by atoms with van der Waals surface area (Å²) in [7, 11) is 0. The molecule has 0 radical (unpaired) electrons. The molecule has 0 aliphatic rings. The highest BCUT2D eigenvalue weighted by molar-refractivity contribution is 5.94. The van der Waals surface area contributed by atoms with Gasteiger partial charge in [0.2, 0.25) is 0 Å². The Morgan fingerprint density at radius 3 is 2.21 bits per heavy atom. The van der Waals surface area contributed by atoms with E-state index < -0.39 is 0 Å². The van der Waals surface area contributed by atoms with E-state index in [2.05, 4.69) is 46.5 Å². The minimum Gasteiger partial charge on any atom is -0.348 e. The number of nitrogens with one attached hydrogen (secondary N) is 1. The monoisotopic (exact) mass is 379 g/mol. The van der Waals surface area contributed by atoms with Gasteiger partial charge in [0.1, 0.15) is 0 Å². The molecule has 2 aromatic carbocycles. The van der Waals surface area contributed by atoms with Crippen molar-refractivity contribution in [1.82, 2.24) is 15.3 Å². The Bertz CT molecular complexity index is 1100. The van der Waals surface area contributed by atoms with E-state index in [1.807, 2.05) is 48.5 Å². The van der Waals surface area contributed by atoms with Gasteiger partial charge in [0.25, 0.3) is 5.91 Å². The van der Waals surface area contributed by atoms with E-state index in [-0.39, 0.29) is 5.91 Å². The topological polar surface area (TPSA) is 54.9 Å². The first kappa shape index (κ1) is 18.6. The summed E-state index contributed by atoms with van der Waals surface area (Å²) >= 11 is 0. The zero-order valence-corrected chi connectivity index (χ0v) is 16.2. The van der Waals surface area contributed by atoms with Crippen molar-refractivity contribution in [3.8, 4) is 22.4 Å². The van der Waals surface area contributed by atoms with Crippen LogP contribution in [0.1, 0.15) is 21.5 Å². The van der Waals surface area contributed by atoms with Crippen LogP contribution in [-0.2, 0) is 6.54 Å². The number of rotatable bonds is 5. The quantitative estimate of drug-likeness (QED) is 0.528. The van der Waals surface area contributed by atoms with Crippen LogP contribution in [0.2, 0.25) is 0 Å². The molecule has 1 N–H and O–H groups in total. The van der Waals surface area contributed by atoms with Gasteiger partial charge in [-0.3, -0.25) is 14.8 Å². The summed E-state index contributed by atoms with van der Waals surface area (Å²) in [4.78, 5) is 21.2. The molecule has 0 bridgehead atoms. The van der Waals surface area contributed by atoms with E-state index in [9.17, 15) is 4.79 Å². The fourth-order valence-electron chi connectivity index (χ4n) is 3.18. The molecule has 0 aliphatic carbocycles. The Balaban J connectivity index is 1.46. The second kappa shape index (κ2) is 8.48. The van der Waals surface area contributed by atoms with Crippen molar-refractivity contribution in [1.29, 1.82) is 0 Å². The molecule has 0 saturated carbocycles. The molecule has 0 fully saturated rings. The number of aromatic nitrogens is 2. The van der Waals surface area contributed by atoms with Crippen molar-refractivity contribution >= 4 is 5.91 Å². The third-order valence-corrected chi connectivity index (χ3v) is 4.80. The standard InChI is InChI=1S/C25H21N3O/c1-18-6-8-19(9-7-18)20-10-12-21(13-11-20)25(29)28-17-23-5-3-15-27-24(23)22-4-2-14-26-16-22/h2-16H,17H2,1H3,(H,28,29). The third kappa shape index (κ3) is 4.38. The predicted octanol–water partition coefficient (Wildman–Crippen LogP) is 5.05. The van der Waals surface area contributed by atoms with Gasteiger partial charge in [0.05, 0.1) is 5.69 Å². The maximum Gasteiger partial charge on any atom is 0.251 e. The Kier molecular flexibility index (Phi) is 5.43. The van der Waals surface area contributed by atoms with Gasteiger partial charge in [-0.15, -0.1) is 0 Å². The molecular weight excluding hydrogens is 358 g/mol. The van der Waals surface area contributed by atoms with Crippen LogP contribution in [0.3, 0.4) is 0 Å². The van der Waals surface area contributed by atoms with E-state index >= 15 is 0 Å². The number of pyridine rings is 2. The van der Waals surface area contributed by atoms with Crippen LogP contribution in [0.5, 0.6) is 0 Å². The van der Waals surface area contributed by atoms with Crippen molar-refractivity contribution in [3.63, 3.8) is 0 Å². The SMILES string of the molecule is Cc1ccc(-c2ccc(C(=O)NCc3cccnc3-c3cccnc3)cc2)cc1. The number of carbonyl (C=O) groups excluding carboxylic acids is 1. The van der Waals surface area contributed by atoms with E-state index in [4.69, 9.17) is 0 Å². The lowest BCUT2D eigenvalue weighted by Crippen LogP contribution is -2.23. The van der Waals surface area contributed by atoms with Crippen molar-refractivity contribution < 1.29 is 4.79 Å². The number of amides is 1. The molecule has 0 atom stereocenters. The highest BCUT2D eigenvalue weighted by Gasteiger charge is 2.10. The zero-order chi connectivity index (χ0) is 20.1. The maximum absolute atomic E-state index is 12.6. The summed E-state index contributed by atoms with van der Waals surface area (Å²) < 4.78 is 0. The van der Waals surface area contributed by atoms with Gasteiger partial charge in [0.15, 0.2) is 0 Å². The van der Waals surface area contributed by atoms with Crippen molar-refractivity contribution in [3.05, 3.63) is 108 Å². The van der Waals surface area contributed by atoms with Gasteiger partial charge < -0.3 is 5.32 Å². The minimum absolute atomic E-state index is 0.110. The lowest BCUT2D eigenvalue weighted by Gasteiger charge is -2.10. The predicted molar refractivity (Wildman–Crippen MR) is 115 cm³/mol. The largest absolute Gasteiger partial charge is 0.348 e. The van der Waals surface area contributed by atoms with Crippen LogP contribution < -0.4 is 5.32 Å². The summed E-state index contributed by atoms with van der Waals surface area (Å²) in [6.07, 6.45) is 5.25. The van der Waals surface area contributed by atoms with Crippen molar-refractivity contribution in [2.45, 2.75) is 13.5 Å². The number of hydrogen-bond donors (Lipinski definition) is 1. The number of aryl methyl sites for hydroxylation is 1. The molecule has 4 rings (SSSR count). The second-order valence-electron chi connectivity index (χ2n) is 6.88. The third-order valence-electron chi connectivity index (χ3n) is 4.80. The van der Waals surface area contributed by atoms with Crippen LogP contribution >= 0.6 is 0 Å². The molecule has 2 aromatic heterocycles. The van der Waals surface area contributed by atoms with Gasteiger partial charge in [0, 0.05) is 36.3 Å². The van der Waals surface area contributed by atoms with Crippen LogP contribution in [0, 0.1) is 6.92 Å². The lowest BCUT2D eigenvalue weighted by molar-refractivity contribution is 0.0951. The molecule has 0 unspecified atom stereocenters. The van der Waals surface area contributed by atoms with Gasteiger partial charge >= 0.3 is 0 Å². The molecule has 1 amide bonds. The zero-order valence-electron chi connectivity index (χ0n) is 16.2. The minimum atomic E-state index is -0.110. The van der Waals surface area contributed by atoms with Crippen LogP contribution in [0.15, 0.2) is 91.4 Å². The molecule has 4 aromatic rings. The molecule has 142 valence electrons. The molecule has 0 aliphatic heterocycles.